The maximum Gasteiger partial charge on any atom is 0.387 e. The van der Waals surface area contributed by atoms with E-state index in [2.05, 4.69) is 25.3 Å². The molecule has 2 N–H and O–H groups in total. The molecule has 0 bridgehead atoms. The Morgan fingerprint density at radius 3 is 2.65 bits per heavy atom. The fourth-order valence-corrected chi connectivity index (χ4v) is 2.82. The number of hydrogen-bond donors (Lipinski definition) is 2. The first-order chi connectivity index (χ1) is 12.4. The highest BCUT2D eigenvalue weighted by Crippen LogP contribution is 2.23. The molecular weight excluding hydrogens is 367 g/mol. The summed E-state index contributed by atoms with van der Waals surface area (Å²) in [4.78, 5) is 10.4. The standard InChI is InChI=1S/C16H20F3N5OS/c1-20-15(21-7-10-9-26-16(23-10)24(2)3)22-8-11-12(17)5-4-6-13(11)25-14(18)19/h4-6,9,14H,7-8H2,1-3H3,(H2,20,21,22). The van der Waals surface area contributed by atoms with E-state index >= 15 is 0 Å². The average Bonchev–Trinajstić information content (AvgIpc) is 3.05. The van der Waals surface area contributed by atoms with Gasteiger partial charge in [-0.05, 0) is 12.1 Å². The summed E-state index contributed by atoms with van der Waals surface area (Å²) >= 11 is 1.51. The van der Waals surface area contributed by atoms with Gasteiger partial charge in [0.05, 0.1) is 12.2 Å². The van der Waals surface area contributed by atoms with Crippen molar-refractivity contribution >= 4 is 22.4 Å². The third-order valence-electron chi connectivity index (χ3n) is 3.31. The van der Waals surface area contributed by atoms with Crippen molar-refractivity contribution in [2.75, 3.05) is 26.0 Å². The van der Waals surface area contributed by atoms with Gasteiger partial charge in [0.2, 0.25) is 0 Å². The summed E-state index contributed by atoms with van der Waals surface area (Å²) in [6, 6.07) is 3.79. The number of aromatic nitrogens is 1. The van der Waals surface area contributed by atoms with Crippen molar-refractivity contribution in [1.82, 2.24) is 15.6 Å². The molecule has 0 unspecified atom stereocenters. The van der Waals surface area contributed by atoms with E-state index in [4.69, 9.17) is 0 Å². The molecule has 1 aromatic heterocycles. The van der Waals surface area contributed by atoms with Crippen LogP contribution >= 0.6 is 11.3 Å². The fourth-order valence-electron chi connectivity index (χ4n) is 2.07. The fraction of sp³-hybridized carbons (Fsp3) is 0.375. The lowest BCUT2D eigenvalue weighted by Crippen LogP contribution is -2.36. The minimum atomic E-state index is -3.02. The zero-order valence-corrected chi connectivity index (χ0v) is 15.4. The number of benzene rings is 1. The van der Waals surface area contributed by atoms with Crippen molar-refractivity contribution in [3.63, 3.8) is 0 Å². The molecule has 0 amide bonds. The number of hydrogen-bond acceptors (Lipinski definition) is 5. The van der Waals surface area contributed by atoms with Crippen molar-refractivity contribution in [2.24, 2.45) is 4.99 Å². The summed E-state index contributed by atoms with van der Waals surface area (Å²) in [6.07, 6.45) is 0. The number of anilines is 1. The van der Waals surface area contributed by atoms with Crippen LogP contribution in [0.15, 0.2) is 28.6 Å². The topological polar surface area (TPSA) is 61.8 Å². The van der Waals surface area contributed by atoms with E-state index in [0.29, 0.717) is 12.5 Å². The SMILES string of the molecule is CN=C(NCc1csc(N(C)C)n1)NCc1c(F)cccc1OC(F)F. The third kappa shape index (κ3) is 5.51. The maximum atomic E-state index is 13.9. The van der Waals surface area contributed by atoms with E-state index in [1.807, 2.05) is 24.4 Å². The van der Waals surface area contributed by atoms with Gasteiger partial charge in [0.15, 0.2) is 11.1 Å². The van der Waals surface area contributed by atoms with Gasteiger partial charge in [0.25, 0.3) is 0 Å². The summed E-state index contributed by atoms with van der Waals surface area (Å²) in [5, 5.41) is 8.72. The van der Waals surface area contributed by atoms with Gasteiger partial charge in [0.1, 0.15) is 11.6 Å². The molecule has 2 aromatic rings. The number of halogens is 3. The molecule has 1 heterocycles. The lowest BCUT2D eigenvalue weighted by molar-refractivity contribution is -0.0506. The Labute approximate surface area is 153 Å². The second kappa shape index (κ2) is 9.27. The Bertz CT molecular complexity index is 751. The van der Waals surface area contributed by atoms with Crippen LogP contribution in [0, 0.1) is 5.82 Å². The normalized spacial score (nSPS) is 11.6. The number of thiazole rings is 1. The van der Waals surface area contributed by atoms with Crippen LogP contribution in [0.25, 0.3) is 0 Å². The minimum Gasteiger partial charge on any atom is -0.434 e. The smallest absolute Gasteiger partial charge is 0.387 e. The molecule has 6 nitrogen and oxygen atoms in total. The van der Waals surface area contributed by atoms with Gasteiger partial charge >= 0.3 is 6.61 Å². The van der Waals surface area contributed by atoms with Crippen LogP contribution in [-0.4, -0.2) is 38.7 Å². The molecule has 1 aromatic carbocycles. The molecule has 10 heteroatoms. The quantitative estimate of drug-likeness (QED) is 0.565. The van der Waals surface area contributed by atoms with Gasteiger partial charge in [-0.3, -0.25) is 4.99 Å². The Kier molecular flexibility index (Phi) is 7.07. The van der Waals surface area contributed by atoms with Crippen LogP contribution < -0.4 is 20.3 Å². The number of rotatable bonds is 7. The Morgan fingerprint density at radius 1 is 1.31 bits per heavy atom. The van der Waals surface area contributed by atoms with Gasteiger partial charge in [-0.25, -0.2) is 9.37 Å². The Balaban J connectivity index is 1.96. The number of guanidine groups is 1. The molecule has 0 aliphatic heterocycles. The summed E-state index contributed by atoms with van der Waals surface area (Å²) < 4.78 is 43.2. The maximum absolute atomic E-state index is 13.9. The zero-order chi connectivity index (χ0) is 19.1. The first-order valence-corrected chi connectivity index (χ1v) is 8.57. The average molecular weight is 387 g/mol. The summed E-state index contributed by atoms with van der Waals surface area (Å²) in [6.45, 7) is -2.67. The molecule has 0 aliphatic carbocycles. The second-order valence-electron chi connectivity index (χ2n) is 5.39. The molecule has 0 spiro atoms. The largest absolute Gasteiger partial charge is 0.434 e. The highest BCUT2D eigenvalue weighted by molar-refractivity contribution is 7.13. The van der Waals surface area contributed by atoms with E-state index in [0.717, 1.165) is 10.8 Å². The molecule has 0 saturated heterocycles. The van der Waals surface area contributed by atoms with Gasteiger partial charge in [-0.1, -0.05) is 6.07 Å². The van der Waals surface area contributed by atoms with E-state index < -0.39 is 12.4 Å². The number of nitrogens with one attached hydrogen (secondary N) is 2. The summed E-state index contributed by atoms with van der Waals surface area (Å²) in [7, 11) is 5.37. The molecule has 0 aliphatic rings. The zero-order valence-electron chi connectivity index (χ0n) is 14.6. The van der Waals surface area contributed by atoms with E-state index in [9.17, 15) is 13.2 Å². The van der Waals surface area contributed by atoms with Gasteiger partial charge in [0, 0.05) is 38.6 Å². The van der Waals surface area contributed by atoms with Crippen molar-refractivity contribution < 1.29 is 17.9 Å². The van der Waals surface area contributed by atoms with Crippen molar-refractivity contribution in [3.8, 4) is 5.75 Å². The van der Waals surface area contributed by atoms with Crippen molar-refractivity contribution in [1.29, 1.82) is 0 Å². The van der Waals surface area contributed by atoms with E-state index in [1.165, 1.54) is 29.5 Å². The van der Waals surface area contributed by atoms with E-state index in [1.54, 1.807) is 7.05 Å². The van der Waals surface area contributed by atoms with E-state index in [-0.39, 0.29) is 17.9 Å². The number of nitrogens with zero attached hydrogens (tertiary/aromatic N) is 3. The third-order valence-corrected chi connectivity index (χ3v) is 4.36. The van der Waals surface area contributed by atoms with Crippen LogP contribution in [-0.2, 0) is 13.1 Å². The molecule has 0 saturated carbocycles. The van der Waals surface area contributed by atoms with Crippen LogP contribution in [0.2, 0.25) is 0 Å². The summed E-state index contributed by atoms with van der Waals surface area (Å²) in [5.41, 5.74) is 0.827. The van der Waals surface area contributed by atoms with Gasteiger partial charge < -0.3 is 20.3 Å². The lowest BCUT2D eigenvalue weighted by Gasteiger charge is -2.14. The first kappa shape index (κ1) is 19.8. The molecule has 2 rings (SSSR count). The first-order valence-electron chi connectivity index (χ1n) is 7.69. The Morgan fingerprint density at radius 2 is 2.04 bits per heavy atom. The highest BCUT2D eigenvalue weighted by atomic mass is 32.1. The molecule has 142 valence electrons. The predicted octanol–water partition coefficient (Wildman–Crippen LogP) is 2.81. The monoisotopic (exact) mass is 387 g/mol. The van der Waals surface area contributed by atoms with Crippen LogP contribution in [0.5, 0.6) is 5.75 Å². The van der Waals surface area contributed by atoms with Crippen molar-refractivity contribution in [2.45, 2.75) is 19.7 Å². The highest BCUT2D eigenvalue weighted by Gasteiger charge is 2.14. The predicted molar refractivity (Wildman–Crippen MR) is 96.5 cm³/mol. The molecular formula is C16H20F3N5OS. The van der Waals surface area contributed by atoms with Crippen molar-refractivity contribution in [3.05, 3.63) is 40.7 Å². The number of alkyl halides is 2. The van der Waals surface area contributed by atoms with Crippen LogP contribution in [0.4, 0.5) is 18.3 Å². The van der Waals surface area contributed by atoms with Gasteiger partial charge in [-0.2, -0.15) is 8.78 Å². The summed E-state index contributed by atoms with van der Waals surface area (Å²) in [5.74, 6) is -0.463. The lowest BCUT2D eigenvalue weighted by atomic mass is 10.2. The number of aliphatic imine (C=N–C) groups is 1. The Hall–Kier alpha value is -2.49. The molecule has 0 radical (unpaired) electrons. The number of ether oxygens (including phenoxy) is 1. The molecule has 0 fully saturated rings. The van der Waals surface area contributed by atoms with Crippen LogP contribution in [0.1, 0.15) is 11.3 Å². The molecule has 0 atom stereocenters. The molecule has 26 heavy (non-hydrogen) atoms. The minimum absolute atomic E-state index is 0.000646. The van der Waals surface area contributed by atoms with Gasteiger partial charge in [-0.15, -0.1) is 11.3 Å². The second-order valence-corrected chi connectivity index (χ2v) is 6.23. The van der Waals surface area contributed by atoms with Crippen LogP contribution in [0.3, 0.4) is 0 Å².